The summed E-state index contributed by atoms with van der Waals surface area (Å²) in [7, 11) is 0. The Morgan fingerprint density at radius 2 is 1.85 bits per heavy atom. The SMILES string of the molecule is CCc1ccc(C(=O)COC(=O)CCN2C(=O)COc3ccccc32)cc1. The van der Waals surface area contributed by atoms with E-state index in [0.29, 0.717) is 17.0 Å². The Kier molecular flexibility index (Phi) is 5.86. The van der Waals surface area contributed by atoms with E-state index in [9.17, 15) is 14.4 Å². The van der Waals surface area contributed by atoms with Crippen LogP contribution >= 0.6 is 0 Å². The van der Waals surface area contributed by atoms with Gasteiger partial charge in [0.05, 0.1) is 12.1 Å². The number of ether oxygens (including phenoxy) is 2. The maximum atomic E-state index is 12.1. The highest BCUT2D eigenvalue weighted by Crippen LogP contribution is 2.31. The zero-order chi connectivity index (χ0) is 19.2. The molecule has 1 amide bonds. The van der Waals surface area contributed by atoms with Gasteiger partial charge >= 0.3 is 5.97 Å². The fraction of sp³-hybridized carbons (Fsp3) is 0.286. The van der Waals surface area contributed by atoms with Gasteiger partial charge in [0.15, 0.2) is 19.0 Å². The molecule has 0 saturated carbocycles. The number of nitrogens with zero attached hydrogens (tertiary/aromatic N) is 1. The van der Waals surface area contributed by atoms with Gasteiger partial charge in [-0.25, -0.2) is 0 Å². The van der Waals surface area contributed by atoms with Crippen molar-refractivity contribution in [3.05, 3.63) is 59.7 Å². The minimum atomic E-state index is -0.523. The molecule has 2 aromatic rings. The van der Waals surface area contributed by atoms with Crippen LogP contribution in [0.1, 0.15) is 29.3 Å². The first-order valence-electron chi connectivity index (χ1n) is 8.88. The van der Waals surface area contributed by atoms with Crippen LogP contribution in [-0.2, 0) is 20.7 Å². The number of Topliss-reactive ketones (excluding diaryl/α,β-unsaturated/α-hetero) is 1. The second-order valence-corrected chi connectivity index (χ2v) is 6.19. The Bertz CT molecular complexity index is 844. The number of carbonyl (C=O) groups excluding carboxylic acids is 3. The third-order valence-electron chi connectivity index (χ3n) is 4.40. The lowest BCUT2D eigenvalue weighted by Crippen LogP contribution is -2.40. The fourth-order valence-electron chi connectivity index (χ4n) is 2.83. The van der Waals surface area contributed by atoms with E-state index in [4.69, 9.17) is 9.47 Å². The second kappa shape index (κ2) is 8.49. The van der Waals surface area contributed by atoms with Crippen molar-refractivity contribution in [3.63, 3.8) is 0 Å². The highest BCUT2D eigenvalue weighted by Gasteiger charge is 2.25. The van der Waals surface area contributed by atoms with Crippen LogP contribution < -0.4 is 9.64 Å². The van der Waals surface area contributed by atoms with Crippen molar-refractivity contribution in [2.45, 2.75) is 19.8 Å². The van der Waals surface area contributed by atoms with Gasteiger partial charge in [0.1, 0.15) is 5.75 Å². The number of para-hydroxylation sites is 2. The lowest BCUT2D eigenvalue weighted by molar-refractivity contribution is -0.142. The number of carbonyl (C=O) groups is 3. The topological polar surface area (TPSA) is 72.9 Å². The van der Waals surface area contributed by atoms with Crippen LogP contribution in [0, 0.1) is 0 Å². The Morgan fingerprint density at radius 1 is 1.11 bits per heavy atom. The molecule has 0 aromatic heterocycles. The number of hydrogen-bond acceptors (Lipinski definition) is 5. The van der Waals surface area contributed by atoms with E-state index in [1.165, 1.54) is 4.90 Å². The molecule has 0 spiro atoms. The first kappa shape index (κ1) is 18.6. The predicted molar refractivity (Wildman–Crippen MR) is 100 cm³/mol. The van der Waals surface area contributed by atoms with Crippen molar-refractivity contribution >= 4 is 23.3 Å². The van der Waals surface area contributed by atoms with Crippen molar-refractivity contribution in [2.24, 2.45) is 0 Å². The third-order valence-corrected chi connectivity index (χ3v) is 4.40. The van der Waals surface area contributed by atoms with E-state index in [1.807, 2.05) is 25.1 Å². The quantitative estimate of drug-likeness (QED) is 0.556. The lowest BCUT2D eigenvalue weighted by atomic mass is 10.1. The van der Waals surface area contributed by atoms with Gasteiger partial charge in [-0.15, -0.1) is 0 Å². The number of amides is 1. The number of hydrogen-bond donors (Lipinski definition) is 0. The van der Waals surface area contributed by atoms with Gasteiger partial charge in [0.25, 0.3) is 5.91 Å². The van der Waals surface area contributed by atoms with Crippen molar-refractivity contribution in [2.75, 3.05) is 24.7 Å². The first-order valence-corrected chi connectivity index (χ1v) is 8.88. The monoisotopic (exact) mass is 367 g/mol. The fourth-order valence-corrected chi connectivity index (χ4v) is 2.83. The summed E-state index contributed by atoms with van der Waals surface area (Å²) in [5.41, 5.74) is 2.28. The highest BCUT2D eigenvalue weighted by atomic mass is 16.5. The van der Waals surface area contributed by atoms with E-state index < -0.39 is 5.97 Å². The van der Waals surface area contributed by atoms with Gasteiger partial charge in [0.2, 0.25) is 0 Å². The van der Waals surface area contributed by atoms with Crippen LogP contribution in [0.2, 0.25) is 0 Å². The molecule has 0 atom stereocenters. The molecular formula is C21H21NO5. The second-order valence-electron chi connectivity index (χ2n) is 6.19. The molecule has 0 N–H and O–H groups in total. The van der Waals surface area contributed by atoms with Crippen molar-refractivity contribution in [1.29, 1.82) is 0 Å². The molecule has 0 unspecified atom stereocenters. The van der Waals surface area contributed by atoms with E-state index >= 15 is 0 Å². The standard InChI is InChI=1S/C21H21NO5/c1-2-15-7-9-16(10-8-15)18(23)13-27-21(25)11-12-22-17-5-3-4-6-19(17)26-14-20(22)24/h3-10H,2,11-14H2,1H3. The average Bonchev–Trinajstić information content (AvgIpc) is 2.71. The summed E-state index contributed by atoms with van der Waals surface area (Å²) in [6.45, 7) is 1.85. The largest absolute Gasteiger partial charge is 0.482 e. The highest BCUT2D eigenvalue weighted by molar-refractivity contribution is 5.99. The molecule has 0 fully saturated rings. The number of rotatable bonds is 7. The van der Waals surface area contributed by atoms with E-state index in [-0.39, 0.29) is 37.9 Å². The molecule has 2 aromatic carbocycles. The molecule has 27 heavy (non-hydrogen) atoms. The van der Waals surface area contributed by atoms with Gasteiger partial charge in [-0.2, -0.15) is 0 Å². The molecular weight excluding hydrogens is 346 g/mol. The van der Waals surface area contributed by atoms with E-state index in [1.54, 1.807) is 30.3 Å². The molecule has 0 aliphatic carbocycles. The predicted octanol–water partition coefficient (Wildman–Crippen LogP) is 2.79. The lowest BCUT2D eigenvalue weighted by Gasteiger charge is -2.28. The van der Waals surface area contributed by atoms with E-state index in [2.05, 4.69) is 0 Å². The number of fused-ring (bicyclic) bond motifs is 1. The maximum Gasteiger partial charge on any atom is 0.308 e. The molecule has 1 aliphatic rings. The molecule has 1 heterocycles. The minimum Gasteiger partial charge on any atom is -0.482 e. The summed E-state index contributed by atoms with van der Waals surface area (Å²) >= 11 is 0. The number of benzene rings is 2. The Balaban J connectivity index is 1.51. The van der Waals surface area contributed by atoms with Gasteiger partial charge < -0.3 is 14.4 Å². The average molecular weight is 367 g/mol. The molecule has 140 valence electrons. The number of aryl methyl sites for hydroxylation is 1. The Hall–Kier alpha value is -3.15. The molecule has 1 aliphatic heterocycles. The van der Waals surface area contributed by atoms with Crippen LogP contribution in [0.5, 0.6) is 5.75 Å². The molecule has 0 saturated heterocycles. The zero-order valence-electron chi connectivity index (χ0n) is 15.1. The number of anilines is 1. The maximum absolute atomic E-state index is 12.1. The van der Waals surface area contributed by atoms with Crippen LogP contribution in [0.3, 0.4) is 0 Å². The summed E-state index contributed by atoms with van der Waals surface area (Å²) in [5, 5.41) is 0. The van der Waals surface area contributed by atoms with Crippen molar-refractivity contribution in [3.8, 4) is 5.75 Å². The number of ketones is 1. The Labute approximate surface area is 157 Å². The Morgan fingerprint density at radius 3 is 2.59 bits per heavy atom. The number of esters is 1. The van der Waals surface area contributed by atoms with Crippen LogP contribution in [0.15, 0.2) is 48.5 Å². The normalized spacial score (nSPS) is 12.9. The summed E-state index contributed by atoms with van der Waals surface area (Å²) in [6.07, 6.45) is 0.898. The zero-order valence-corrected chi connectivity index (χ0v) is 15.1. The van der Waals surface area contributed by atoms with E-state index in [0.717, 1.165) is 12.0 Å². The summed E-state index contributed by atoms with van der Waals surface area (Å²) < 4.78 is 10.4. The van der Waals surface area contributed by atoms with Gasteiger partial charge in [-0.1, -0.05) is 43.3 Å². The minimum absolute atomic E-state index is 0.00211. The summed E-state index contributed by atoms with van der Waals surface area (Å²) in [6, 6.07) is 14.4. The molecule has 3 rings (SSSR count). The smallest absolute Gasteiger partial charge is 0.308 e. The molecule has 6 nitrogen and oxygen atoms in total. The van der Waals surface area contributed by atoms with Gasteiger partial charge in [-0.05, 0) is 24.1 Å². The van der Waals surface area contributed by atoms with Crippen LogP contribution in [-0.4, -0.2) is 37.4 Å². The van der Waals surface area contributed by atoms with Crippen molar-refractivity contribution in [1.82, 2.24) is 0 Å². The van der Waals surface area contributed by atoms with Gasteiger partial charge in [-0.3, -0.25) is 14.4 Å². The summed E-state index contributed by atoms with van der Waals surface area (Å²) in [5.74, 6) is -0.381. The van der Waals surface area contributed by atoms with Crippen molar-refractivity contribution < 1.29 is 23.9 Å². The molecule has 6 heteroatoms. The van der Waals surface area contributed by atoms with Gasteiger partial charge in [0, 0.05) is 12.1 Å². The first-order chi connectivity index (χ1) is 13.1. The summed E-state index contributed by atoms with van der Waals surface area (Å²) in [4.78, 5) is 37.7. The molecule has 0 radical (unpaired) electrons. The van der Waals surface area contributed by atoms with Crippen LogP contribution in [0.4, 0.5) is 5.69 Å². The van der Waals surface area contributed by atoms with Crippen LogP contribution in [0.25, 0.3) is 0 Å². The molecule has 0 bridgehead atoms. The third kappa shape index (κ3) is 4.53.